The molecule has 42 heavy (non-hydrogen) atoms. The summed E-state index contributed by atoms with van der Waals surface area (Å²) in [5.74, 6) is -0.474. The van der Waals surface area contributed by atoms with Crippen LogP contribution in [0.2, 0.25) is 0 Å². The number of hydrogen-bond donors (Lipinski definition) is 4. The maximum atomic E-state index is 13.8. The molecule has 4 rings (SSSR count). The molecule has 4 N–H and O–H groups in total. The van der Waals surface area contributed by atoms with Crippen LogP contribution in [0.5, 0.6) is 5.75 Å². The molecule has 3 amide bonds. The van der Waals surface area contributed by atoms with Crippen LogP contribution in [0.4, 0.5) is 21.6 Å². The van der Waals surface area contributed by atoms with Gasteiger partial charge >= 0.3 is 0 Å². The van der Waals surface area contributed by atoms with Crippen LogP contribution in [0.3, 0.4) is 0 Å². The van der Waals surface area contributed by atoms with E-state index in [2.05, 4.69) is 31.2 Å². The Morgan fingerprint density at radius 1 is 1.12 bits per heavy atom. The molecule has 1 aliphatic rings. The topological polar surface area (TPSA) is 138 Å². The Balaban J connectivity index is 1.59. The lowest BCUT2D eigenvalue weighted by Crippen LogP contribution is -2.59. The monoisotopic (exact) mass is 579 g/mol. The molecular weight excluding hydrogens is 541 g/mol. The van der Waals surface area contributed by atoms with Gasteiger partial charge in [-0.25, -0.2) is 14.4 Å². The Kier molecular flexibility index (Phi) is 9.25. The van der Waals surface area contributed by atoms with Crippen molar-refractivity contribution in [3.8, 4) is 5.75 Å². The third-order valence-electron chi connectivity index (χ3n) is 7.39. The van der Waals surface area contributed by atoms with E-state index in [4.69, 9.17) is 4.74 Å². The standard InChI is InChI=1S/C30H38FN7O4/c1-17(32-5)27(39)37-25(30(2,3)4)29(41)38-13-7-8-23(38)28(40)36-22-14-20-21(15-24(22)42-6)33-16-34-26(20)35-19-11-9-18(31)10-12-19/h9-12,14-17,23,25,32H,7-8,13H2,1-6H3,(H,36,40)(H,37,39)(H,33,34,35)/t17-,23?,25+/m0/s1. The third kappa shape index (κ3) is 6.76. The first kappa shape index (κ1) is 30.6. The first-order valence-electron chi connectivity index (χ1n) is 13.9. The van der Waals surface area contributed by atoms with Crippen LogP contribution in [0.15, 0.2) is 42.7 Å². The summed E-state index contributed by atoms with van der Waals surface area (Å²) < 4.78 is 18.9. The number of likely N-dealkylation sites (tertiary alicyclic amines) is 1. The Bertz CT molecular complexity index is 1460. The summed E-state index contributed by atoms with van der Waals surface area (Å²) in [6.45, 7) is 7.75. The Morgan fingerprint density at radius 2 is 1.83 bits per heavy atom. The minimum absolute atomic E-state index is 0.292. The van der Waals surface area contributed by atoms with Crippen LogP contribution in [-0.4, -0.2) is 71.4 Å². The minimum Gasteiger partial charge on any atom is -0.494 e. The average molecular weight is 580 g/mol. The predicted molar refractivity (Wildman–Crippen MR) is 159 cm³/mol. The molecule has 2 heterocycles. The zero-order chi connectivity index (χ0) is 30.6. The van der Waals surface area contributed by atoms with Gasteiger partial charge in [-0.3, -0.25) is 14.4 Å². The van der Waals surface area contributed by atoms with E-state index in [1.807, 2.05) is 20.8 Å². The Labute approximate surface area is 244 Å². The van der Waals surface area contributed by atoms with E-state index in [-0.39, 0.29) is 23.5 Å². The van der Waals surface area contributed by atoms with Crippen molar-refractivity contribution in [2.24, 2.45) is 5.41 Å². The number of nitrogens with one attached hydrogen (secondary N) is 4. The normalized spacial score (nSPS) is 16.5. The SMILES string of the molecule is CN[C@@H](C)C(=O)N[C@H](C(=O)N1CCCC1C(=O)Nc1cc2c(Nc3ccc(F)cc3)ncnc2cc1OC)C(C)(C)C. The second-order valence-electron chi connectivity index (χ2n) is 11.4. The highest BCUT2D eigenvalue weighted by molar-refractivity contribution is 6.03. The lowest BCUT2D eigenvalue weighted by molar-refractivity contribution is -0.143. The van der Waals surface area contributed by atoms with Crippen LogP contribution >= 0.6 is 0 Å². The van der Waals surface area contributed by atoms with Crippen molar-refractivity contribution in [3.63, 3.8) is 0 Å². The number of halogens is 1. The largest absolute Gasteiger partial charge is 0.494 e. The summed E-state index contributed by atoms with van der Waals surface area (Å²) in [7, 11) is 3.16. The number of carbonyl (C=O) groups is 3. The van der Waals surface area contributed by atoms with Crippen LogP contribution in [0.25, 0.3) is 10.9 Å². The number of anilines is 3. The summed E-state index contributed by atoms with van der Waals surface area (Å²) in [6, 6.07) is 7.23. The molecule has 1 unspecified atom stereocenters. The van der Waals surface area contributed by atoms with E-state index < -0.39 is 23.5 Å². The van der Waals surface area contributed by atoms with Gasteiger partial charge in [0.1, 0.15) is 35.8 Å². The van der Waals surface area contributed by atoms with Crippen LogP contribution < -0.4 is 26.0 Å². The molecule has 0 saturated carbocycles. The van der Waals surface area contributed by atoms with E-state index >= 15 is 0 Å². The first-order valence-corrected chi connectivity index (χ1v) is 13.9. The molecule has 11 nitrogen and oxygen atoms in total. The number of rotatable bonds is 9. The summed E-state index contributed by atoms with van der Waals surface area (Å²) in [5, 5.41) is 12.5. The molecule has 1 saturated heterocycles. The molecule has 1 aromatic heterocycles. The molecule has 1 fully saturated rings. The van der Waals surface area contributed by atoms with Crippen LogP contribution in [0.1, 0.15) is 40.5 Å². The van der Waals surface area contributed by atoms with Gasteiger partial charge in [-0.05, 0) is 62.6 Å². The molecule has 0 bridgehead atoms. The van der Waals surface area contributed by atoms with Crippen LogP contribution in [0, 0.1) is 11.2 Å². The molecule has 0 aliphatic carbocycles. The fraction of sp³-hybridized carbons (Fsp3) is 0.433. The molecule has 3 aromatic rings. The number of ether oxygens (including phenoxy) is 1. The molecule has 2 aromatic carbocycles. The number of benzene rings is 2. The summed E-state index contributed by atoms with van der Waals surface area (Å²) >= 11 is 0. The van der Waals surface area contributed by atoms with E-state index in [0.29, 0.717) is 53.2 Å². The second-order valence-corrected chi connectivity index (χ2v) is 11.4. The number of methoxy groups -OCH3 is 1. The van der Waals surface area contributed by atoms with Crippen molar-refractivity contribution >= 4 is 45.8 Å². The summed E-state index contributed by atoms with van der Waals surface area (Å²) in [5.41, 5.74) is 0.998. The number of nitrogens with zero attached hydrogens (tertiary/aromatic N) is 3. The van der Waals surface area contributed by atoms with Gasteiger partial charge in [-0.1, -0.05) is 20.8 Å². The highest BCUT2D eigenvalue weighted by Crippen LogP contribution is 2.34. The molecule has 12 heteroatoms. The number of carbonyl (C=O) groups excluding carboxylic acids is 3. The number of hydrogen-bond acceptors (Lipinski definition) is 8. The van der Waals surface area contributed by atoms with Gasteiger partial charge in [0.25, 0.3) is 0 Å². The Morgan fingerprint density at radius 3 is 2.48 bits per heavy atom. The van der Waals surface area contributed by atoms with Gasteiger partial charge in [-0.15, -0.1) is 0 Å². The molecule has 0 radical (unpaired) electrons. The quantitative estimate of drug-likeness (QED) is 0.302. The molecule has 3 atom stereocenters. The second kappa shape index (κ2) is 12.7. The van der Waals surface area contributed by atoms with Crippen molar-refractivity contribution in [2.45, 2.75) is 58.7 Å². The van der Waals surface area contributed by atoms with E-state index in [9.17, 15) is 18.8 Å². The zero-order valence-electron chi connectivity index (χ0n) is 24.7. The van der Waals surface area contributed by atoms with E-state index in [0.717, 1.165) is 0 Å². The van der Waals surface area contributed by atoms with E-state index in [1.54, 1.807) is 43.1 Å². The van der Waals surface area contributed by atoms with E-state index in [1.165, 1.54) is 25.6 Å². The minimum atomic E-state index is -0.818. The molecular formula is C30H38FN7O4. The predicted octanol–water partition coefficient (Wildman–Crippen LogP) is 3.59. The summed E-state index contributed by atoms with van der Waals surface area (Å²) in [4.78, 5) is 50.3. The van der Waals surface area contributed by atoms with Gasteiger partial charge in [0.15, 0.2) is 0 Å². The smallest absolute Gasteiger partial charge is 0.247 e. The van der Waals surface area contributed by atoms with Gasteiger partial charge in [-0.2, -0.15) is 0 Å². The van der Waals surface area contributed by atoms with Gasteiger partial charge < -0.3 is 30.9 Å². The number of likely N-dealkylation sites (N-methyl/N-ethyl adjacent to an activating group) is 1. The van der Waals surface area contributed by atoms with Crippen molar-refractivity contribution in [1.82, 2.24) is 25.5 Å². The van der Waals surface area contributed by atoms with Crippen LogP contribution in [-0.2, 0) is 14.4 Å². The highest BCUT2D eigenvalue weighted by Gasteiger charge is 2.42. The third-order valence-corrected chi connectivity index (χ3v) is 7.39. The fourth-order valence-electron chi connectivity index (χ4n) is 4.85. The van der Waals surface area contributed by atoms with Crippen molar-refractivity contribution in [2.75, 3.05) is 31.3 Å². The number of amides is 3. The maximum absolute atomic E-state index is 13.8. The zero-order valence-corrected chi connectivity index (χ0v) is 24.7. The number of fused-ring (bicyclic) bond motifs is 1. The molecule has 224 valence electrons. The van der Waals surface area contributed by atoms with Gasteiger partial charge in [0, 0.05) is 23.7 Å². The van der Waals surface area contributed by atoms with Gasteiger partial charge in [0.05, 0.1) is 24.4 Å². The highest BCUT2D eigenvalue weighted by atomic mass is 19.1. The Hall–Kier alpha value is -4.32. The average Bonchev–Trinajstić information content (AvgIpc) is 3.46. The van der Waals surface area contributed by atoms with Crippen molar-refractivity contribution < 1.29 is 23.5 Å². The fourth-order valence-corrected chi connectivity index (χ4v) is 4.85. The van der Waals surface area contributed by atoms with Crippen molar-refractivity contribution in [1.29, 1.82) is 0 Å². The maximum Gasteiger partial charge on any atom is 0.247 e. The van der Waals surface area contributed by atoms with Gasteiger partial charge in [0.2, 0.25) is 17.7 Å². The lowest BCUT2D eigenvalue weighted by atomic mass is 9.85. The van der Waals surface area contributed by atoms with Crippen molar-refractivity contribution in [3.05, 3.63) is 48.5 Å². The first-order chi connectivity index (χ1) is 19.9. The lowest BCUT2D eigenvalue weighted by Gasteiger charge is -2.36. The summed E-state index contributed by atoms with van der Waals surface area (Å²) in [6.07, 6.45) is 2.53. The molecule has 0 spiro atoms. The number of aromatic nitrogens is 2. The molecule has 1 aliphatic heterocycles.